The van der Waals surface area contributed by atoms with Crippen molar-refractivity contribution >= 4 is 17.4 Å². The monoisotopic (exact) mass is 279 g/mol. The molecule has 0 aromatic carbocycles. The van der Waals surface area contributed by atoms with Gasteiger partial charge in [0, 0.05) is 23.5 Å². The number of aromatic nitrogens is 1. The summed E-state index contributed by atoms with van der Waals surface area (Å²) in [6, 6.07) is 3.57. The SMILES string of the molecule is Cc1csc(CNC(=O)N[C@H](C)Cc2ccco2)n1. The Morgan fingerprint density at radius 2 is 2.42 bits per heavy atom. The first kappa shape index (κ1) is 13.6. The molecule has 0 radical (unpaired) electrons. The quantitative estimate of drug-likeness (QED) is 0.883. The highest BCUT2D eigenvalue weighted by molar-refractivity contribution is 7.09. The summed E-state index contributed by atoms with van der Waals surface area (Å²) < 4.78 is 5.24. The van der Waals surface area contributed by atoms with Crippen molar-refractivity contribution in [3.8, 4) is 0 Å². The first-order chi connectivity index (χ1) is 9.13. The van der Waals surface area contributed by atoms with Crippen molar-refractivity contribution in [3.05, 3.63) is 40.2 Å². The van der Waals surface area contributed by atoms with Gasteiger partial charge in [0.1, 0.15) is 10.8 Å². The first-order valence-electron chi connectivity index (χ1n) is 6.11. The third kappa shape index (κ3) is 4.40. The molecule has 2 amide bonds. The van der Waals surface area contributed by atoms with E-state index in [0.29, 0.717) is 13.0 Å². The normalized spacial score (nSPS) is 12.1. The molecule has 0 aliphatic rings. The molecule has 0 saturated heterocycles. The topological polar surface area (TPSA) is 67.2 Å². The Kier molecular flexibility index (Phi) is 4.57. The largest absolute Gasteiger partial charge is 0.469 e. The van der Waals surface area contributed by atoms with Crippen LogP contribution in [-0.4, -0.2) is 17.1 Å². The van der Waals surface area contributed by atoms with Crippen molar-refractivity contribution in [1.29, 1.82) is 0 Å². The molecule has 19 heavy (non-hydrogen) atoms. The summed E-state index contributed by atoms with van der Waals surface area (Å²) in [7, 11) is 0. The Hall–Kier alpha value is -1.82. The summed E-state index contributed by atoms with van der Waals surface area (Å²) in [5.41, 5.74) is 0.980. The number of hydrogen-bond donors (Lipinski definition) is 2. The maximum absolute atomic E-state index is 11.7. The molecule has 0 fully saturated rings. The number of urea groups is 1. The zero-order valence-corrected chi connectivity index (χ0v) is 11.8. The third-order valence-corrected chi connectivity index (χ3v) is 3.50. The summed E-state index contributed by atoms with van der Waals surface area (Å²) in [4.78, 5) is 16.0. The molecule has 2 heterocycles. The molecule has 0 aliphatic heterocycles. The fourth-order valence-corrected chi connectivity index (χ4v) is 2.41. The molecule has 2 rings (SSSR count). The number of thiazole rings is 1. The maximum atomic E-state index is 11.7. The Morgan fingerprint density at radius 1 is 1.58 bits per heavy atom. The lowest BCUT2D eigenvalue weighted by molar-refractivity contribution is 0.237. The second-order valence-electron chi connectivity index (χ2n) is 4.39. The average Bonchev–Trinajstić information content (AvgIpc) is 2.98. The van der Waals surface area contributed by atoms with Crippen LogP contribution >= 0.6 is 11.3 Å². The van der Waals surface area contributed by atoms with Gasteiger partial charge in [0.05, 0.1) is 12.8 Å². The fraction of sp³-hybridized carbons (Fsp3) is 0.385. The smallest absolute Gasteiger partial charge is 0.315 e. The van der Waals surface area contributed by atoms with Crippen molar-refractivity contribution in [1.82, 2.24) is 15.6 Å². The predicted molar refractivity (Wildman–Crippen MR) is 74.1 cm³/mol. The van der Waals surface area contributed by atoms with E-state index in [1.165, 1.54) is 0 Å². The lowest BCUT2D eigenvalue weighted by Gasteiger charge is -2.12. The maximum Gasteiger partial charge on any atom is 0.315 e. The highest BCUT2D eigenvalue weighted by Gasteiger charge is 2.09. The molecule has 2 aromatic heterocycles. The Bertz CT molecular complexity index is 522. The highest BCUT2D eigenvalue weighted by Crippen LogP contribution is 2.08. The van der Waals surface area contributed by atoms with Gasteiger partial charge in [0.25, 0.3) is 0 Å². The summed E-state index contributed by atoms with van der Waals surface area (Å²) in [6.45, 7) is 4.33. The van der Waals surface area contributed by atoms with Crippen molar-refractivity contribution in [2.24, 2.45) is 0 Å². The van der Waals surface area contributed by atoms with E-state index < -0.39 is 0 Å². The highest BCUT2D eigenvalue weighted by atomic mass is 32.1. The van der Waals surface area contributed by atoms with E-state index in [0.717, 1.165) is 16.5 Å². The lowest BCUT2D eigenvalue weighted by Crippen LogP contribution is -2.41. The number of nitrogens with one attached hydrogen (secondary N) is 2. The number of hydrogen-bond acceptors (Lipinski definition) is 4. The van der Waals surface area contributed by atoms with Crippen LogP contribution in [0.25, 0.3) is 0 Å². The summed E-state index contributed by atoms with van der Waals surface area (Å²) in [6.07, 6.45) is 2.31. The third-order valence-electron chi connectivity index (χ3n) is 2.53. The average molecular weight is 279 g/mol. The summed E-state index contributed by atoms with van der Waals surface area (Å²) in [5.74, 6) is 0.864. The Balaban J connectivity index is 1.71. The second kappa shape index (κ2) is 6.38. The first-order valence-corrected chi connectivity index (χ1v) is 6.99. The molecular weight excluding hydrogens is 262 g/mol. The van der Waals surface area contributed by atoms with Gasteiger partial charge >= 0.3 is 6.03 Å². The molecule has 2 aromatic rings. The van der Waals surface area contributed by atoms with Crippen molar-refractivity contribution in [2.45, 2.75) is 32.9 Å². The van der Waals surface area contributed by atoms with Gasteiger partial charge < -0.3 is 15.1 Å². The number of furan rings is 1. The number of carbonyl (C=O) groups is 1. The van der Waals surface area contributed by atoms with Gasteiger partial charge in [0.15, 0.2) is 0 Å². The molecule has 0 bridgehead atoms. The molecule has 0 spiro atoms. The van der Waals surface area contributed by atoms with Gasteiger partial charge in [-0.1, -0.05) is 0 Å². The van der Waals surface area contributed by atoms with Crippen molar-refractivity contribution < 1.29 is 9.21 Å². The van der Waals surface area contributed by atoms with Gasteiger partial charge in [-0.05, 0) is 26.0 Å². The van der Waals surface area contributed by atoms with E-state index in [-0.39, 0.29) is 12.1 Å². The van der Waals surface area contributed by atoms with Gasteiger partial charge in [-0.2, -0.15) is 0 Å². The van der Waals surface area contributed by atoms with E-state index in [1.807, 2.05) is 31.4 Å². The Morgan fingerprint density at radius 3 is 3.05 bits per heavy atom. The van der Waals surface area contributed by atoms with Gasteiger partial charge in [0.2, 0.25) is 0 Å². The van der Waals surface area contributed by atoms with E-state index in [9.17, 15) is 4.79 Å². The van der Waals surface area contributed by atoms with Gasteiger partial charge in [-0.3, -0.25) is 0 Å². The van der Waals surface area contributed by atoms with Crippen LogP contribution in [0, 0.1) is 6.92 Å². The standard InChI is InChI=1S/C13H17N3O2S/c1-9(6-11-4-3-5-18-11)16-13(17)14-7-12-15-10(2)8-19-12/h3-5,8-9H,6-7H2,1-2H3,(H2,14,16,17)/t9-/m1/s1. The van der Waals surface area contributed by atoms with Crippen LogP contribution in [0.4, 0.5) is 4.79 Å². The number of rotatable bonds is 5. The molecule has 0 unspecified atom stereocenters. The van der Waals surface area contributed by atoms with Crippen LogP contribution in [-0.2, 0) is 13.0 Å². The summed E-state index contributed by atoms with van der Waals surface area (Å²) >= 11 is 1.55. The molecule has 1 atom stereocenters. The van der Waals surface area contributed by atoms with Crippen LogP contribution in [0.15, 0.2) is 28.2 Å². The van der Waals surface area contributed by atoms with Crippen LogP contribution < -0.4 is 10.6 Å². The fourth-order valence-electron chi connectivity index (χ4n) is 1.70. The van der Waals surface area contributed by atoms with E-state index >= 15 is 0 Å². The van der Waals surface area contributed by atoms with Crippen LogP contribution in [0.5, 0.6) is 0 Å². The van der Waals surface area contributed by atoms with Crippen molar-refractivity contribution in [2.75, 3.05) is 0 Å². The molecular formula is C13H17N3O2S. The number of aryl methyl sites for hydroxylation is 1. The minimum atomic E-state index is -0.188. The van der Waals surface area contributed by atoms with E-state index in [1.54, 1.807) is 17.6 Å². The van der Waals surface area contributed by atoms with Crippen molar-refractivity contribution in [3.63, 3.8) is 0 Å². The molecule has 0 saturated carbocycles. The van der Waals surface area contributed by atoms with Crippen LogP contribution in [0.3, 0.4) is 0 Å². The second-order valence-corrected chi connectivity index (χ2v) is 5.34. The Labute approximate surface area is 116 Å². The lowest BCUT2D eigenvalue weighted by atomic mass is 10.2. The minimum Gasteiger partial charge on any atom is -0.469 e. The number of amides is 2. The zero-order valence-electron chi connectivity index (χ0n) is 11.0. The molecule has 5 nitrogen and oxygen atoms in total. The van der Waals surface area contributed by atoms with Gasteiger partial charge in [-0.15, -0.1) is 11.3 Å². The van der Waals surface area contributed by atoms with E-state index in [2.05, 4.69) is 15.6 Å². The molecule has 0 aliphatic carbocycles. The minimum absolute atomic E-state index is 0.0178. The molecule has 102 valence electrons. The van der Waals surface area contributed by atoms with Crippen LogP contribution in [0.1, 0.15) is 23.4 Å². The van der Waals surface area contributed by atoms with Crippen LogP contribution in [0.2, 0.25) is 0 Å². The number of nitrogens with zero attached hydrogens (tertiary/aromatic N) is 1. The number of carbonyl (C=O) groups excluding carboxylic acids is 1. The summed E-state index contributed by atoms with van der Waals surface area (Å²) in [5, 5.41) is 8.53. The van der Waals surface area contributed by atoms with E-state index in [4.69, 9.17) is 4.42 Å². The zero-order chi connectivity index (χ0) is 13.7. The van der Waals surface area contributed by atoms with Gasteiger partial charge in [-0.25, -0.2) is 9.78 Å². The predicted octanol–water partition coefficient (Wildman–Crippen LogP) is 2.47. The molecule has 6 heteroatoms. The molecule has 2 N–H and O–H groups in total.